The fraction of sp³-hybridized carbons (Fsp3) is 0.333. The van der Waals surface area contributed by atoms with Gasteiger partial charge < -0.3 is 14.7 Å². The molecule has 1 saturated heterocycles. The van der Waals surface area contributed by atoms with Crippen molar-refractivity contribution in [2.24, 2.45) is 0 Å². The second-order valence-electron chi connectivity index (χ2n) is 8.82. The number of amides is 1. The fourth-order valence-corrected chi connectivity index (χ4v) is 4.21. The SMILES string of the molecule is O=C(c1ncccc1-n1cnc(Cn2nc(-c3ccc(Cl)cc3)n(C[C@H](O)C(F)(F)F)c2=O)n1)N1CCOCC1. The zero-order chi connectivity index (χ0) is 28.4. The first-order chi connectivity index (χ1) is 19.1. The number of ether oxygens (including phenoxy) is 1. The molecule has 5 rings (SSSR count). The lowest BCUT2D eigenvalue weighted by atomic mass is 10.2. The van der Waals surface area contributed by atoms with Crippen LogP contribution in [0.25, 0.3) is 17.1 Å². The van der Waals surface area contributed by atoms with E-state index in [-0.39, 0.29) is 29.8 Å². The van der Waals surface area contributed by atoms with Gasteiger partial charge in [0.25, 0.3) is 5.91 Å². The summed E-state index contributed by atoms with van der Waals surface area (Å²) in [6, 6.07) is 9.25. The first-order valence-corrected chi connectivity index (χ1v) is 12.4. The van der Waals surface area contributed by atoms with Gasteiger partial charge in [-0.1, -0.05) is 11.6 Å². The molecule has 1 atom stereocenters. The lowest BCUT2D eigenvalue weighted by Crippen LogP contribution is -2.41. The van der Waals surface area contributed by atoms with Crippen LogP contribution in [0.4, 0.5) is 13.2 Å². The van der Waals surface area contributed by atoms with E-state index in [1.165, 1.54) is 41.5 Å². The number of hydrogen-bond donors (Lipinski definition) is 1. The van der Waals surface area contributed by atoms with E-state index in [0.717, 1.165) is 9.25 Å². The highest BCUT2D eigenvalue weighted by Crippen LogP contribution is 2.24. The third kappa shape index (κ3) is 5.76. The molecule has 12 nitrogen and oxygen atoms in total. The number of rotatable bonds is 7. The Morgan fingerprint density at radius 2 is 1.82 bits per heavy atom. The Kier molecular flexibility index (Phi) is 7.69. The minimum Gasteiger partial charge on any atom is -0.382 e. The number of pyridine rings is 1. The number of nitrogens with zero attached hydrogens (tertiary/aromatic N) is 8. The maximum absolute atomic E-state index is 13.1. The normalized spacial score (nSPS) is 14.9. The van der Waals surface area contributed by atoms with E-state index in [0.29, 0.717) is 42.6 Å². The average molecular weight is 579 g/mol. The predicted octanol–water partition coefficient (Wildman–Crippen LogP) is 1.78. The summed E-state index contributed by atoms with van der Waals surface area (Å²) in [6.07, 6.45) is -4.93. The van der Waals surface area contributed by atoms with Gasteiger partial charge in [-0.25, -0.2) is 24.1 Å². The molecule has 1 aromatic carbocycles. The summed E-state index contributed by atoms with van der Waals surface area (Å²) in [5.74, 6) is -0.309. The number of aromatic nitrogens is 7. The molecule has 1 fully saturated rings. The Morgan fingerprint density at radius 1 is 1.10 bits per heavy atom. The Morgan fingerprint density at radius 3 is 2.52 bits per heavy atom. The summed E-state index contributed by atoms with van der Waals surface area (Å²) in [5.41, 5.74) is -0.0943. The van der Waals surface area contributed by atoms with Crippen molar-refractivity contribution in [1.29, 1.82) is 0 Å². The lowest BCUT2D eigenvalue weighted by molar-refractivity contribution is -0.207. The molecule has 210 valence electrons. The van der Waals surface area contributed by atoms with Crippen LogP contribution in [0.15, 0.2) is 53.7 Å². The first kappa shape index (κ1) is 27.5. The molecule has 1 aliphatic heterocycles. The summed E-state index contributed by atoms with van der Waals surface area (Å²) in [5, 5.41) is 18.6. The molecular formula is C24H22ClF3N8O4. The monoisotopic (exact) mass is 578 g/mol. The van der Waals surface area contributed by atoms with Crippen molar-refractivity contribution in [1.82, 2.24) is 39.0 Å². The quantitative estimate of drug-likeness (QED) is 0.351. The number of aliphatic hydroxyl groups is 1. The Labute approximate surface area is 229 Å². The minimum atomic E-state index is -4.95. The van der Waals surface area contributed by atoms with Crippen molar-refractivity contribution < 1.29 is 27.8 Å². The van der Waals surface area contributed by atoms with Gasteiger partial charge in [0.15, 0.2) is 23.4 Å². The van der Waals surface area contributed by atoms with Crippen LogP contribution < -0.4 is 5.69 Å². The van der Waals surface area contributed by atoms with E-state index in [1.807, 2.05) is 0 Å². The molecule has 0 bridgehead atoms. The Balaban J connectivity index is 1.45. The molecule has 0 unspecified atom stereocenters. The van der Waals surface area contributed by atoms with Gasteiger partial charge in [0.1, 0.15) is 12.9 Å². The Bertz CT molecular complexity index is 1560. The lowest BCUT2D eigenvalue weighted by Gasteiger charge is -2.26. The van der Waals surface area contributed by atoms with E-state index >= 15 is 0 Å². The number of benzene rings is 1. The van der Waals surface area contributed by atoms with E-state index in [4.69, 9.17) is 16.3 Å². The van der Waals surface area contributed by atoms with Crippen LogP contribution in [0, 0.1) is 0 Å². The smallest absolute Gasteiger partial charge is 0.382 e. The summed E-state index contributed by atoms with van der Waals surface area (Å²) in [4.78, 5) is 36.2. The molecule has 0 saturated carbocycles. The van der Waals surface area contributed by atoms with Crippen molar-refractivity contribution in [3.8, 4) is 17.1 Å². The van der Waals surface area contributed by atoms with Crippen LogP contribution in [-0.4, -0.2) is 88.6 Å². The van der Waals surface area contributed by atoms with E-state index in [2.05, 4.69) is 20.2 Å². The highest BCUT2D eigenvalue weighted by Gasteiger charge is 2.39. The van der Waals surface area contributed by atoms with E-state index in [1.54, 1.807) is 17.0 Å². The van der Waals surface area contributed by atoms with Gasteiger partial charge in [0, 0.05) is 29.9 Å². The molecule has 4 aromatic rings. The number of halogens is 4. The second kappa shape index (κ2) is 11.2. The number of hydrogen-bond acceptors (Lipinski definition) is 8. The van der Waals surface area contributed by atoms with Crippen LogP contribution >= 0.6 is 11.6 Å². The molecule has 40 heavy (non-hydrogen) atoms. The van der Waals surface area contributed by atoms with Crippen LogP contribution in [0.5, 0.6) is 0 Å². The van der Waals surface area contributed by atoms with Crippen molar-refractivity contribution in [2.75, 3.05) is 26.3 Å². The standard InChI is InChI=1S/C24H22ClF3N8O4/c25-16-5-3-15(4-6-16)21-32-35(23(39)34(21)12-18(37)24(26,27)28)13-19-30-14-36(31-19)17-2-1-7-29-20(17)22(38)33-8-10-40-11-9-33/h1-7,14,18,37H,8-13H2/t18-/m0/s1. The van der Waals surface area contributed by atoms with Gasteiger partial charge in [0.05, 0.1) is 25.4 Å². The first-order valence-electron chi connectivity index (χ1n) is 12.0. The molecule has 0 spiro atoms. The van der Waals surface area contributed by atoms with Crippen molar-refractivity contribution in [2.45, 2.75) is 25.4 Å². The van der Waals surface area contributed by atoms with Crippen LogP contribution in [0.2, 0.25) is 5.02 Å². The van der Waals surface area contributed by atoms with Gasteiger partial charge in [0.2, 0.25) is 0 Å². The number of carbonyl (C=O) groups excluding carboxylic acids is 1. The molecule has 0 radical (unpaired) electrons. The molecule has 3 aromatic heterocycles. The Hall–Kier alpha value is -4.08. The molecule has 4 heterocycles. The van der Waals surface area contributed by atoms with Crippen LogP contribution in [0.3, 0.4) is 0 Å². The topological polar surface area (TPSA) is 133 Å². The van der Waals surface area contributed by atoms with E-state index in [9.17, 15) is 27.9 Å². The van der Waals surface area contributed by atoms with Crippen molar-refractivity contribution >= 4 is 17.5 Å². The third-order valence-electron chi connectivity index (χ3n) is 6.12. The van der Waals surface area contributed by atoms with Gasteiger partial charge >= 0.3 is 11.9 Å². The van der Waals surface area contributed by atoms with Gasteiger partial charge in [-0.05, 0) is 36.4 Å². The summed E-state index contributed by atoms with van der Waals surface area (Å²) >= 11 is 5.92. The highest BCUT2D eigenvalue weighted by atomic mass is 35.5. The minimum absolute atomic E-state index is 0.0967. The molecule has 1 aliphatic rings. The predicted molar refractivity (Wildman–Crippen MR) is 134 cm³/mol. The molecule has 1 amide bonds. The van der Waals surface area contributed by atoms with E-state index < -0.39 is 24.5 Å². The molecule has 0 aliphatic carbocycles. The van der Waals surface area contributed by atoms with Crippen molar-refractivity contribution in [3.63, 3.8) is 0 Å². The molecule has 1 N–H and O–H groups in total. The zero-order valence-corrected chi connectivity index (χ0v) is 21.5. The van der Waals surface area contributed by atoms with Gasteiger partial charge in [-0.3, -0.25) is 9.36 Å². The third-order valence-corrected chi connectivity index (χ3v) is 6.38. The summed E-state index contributed by atoms with van der Waals surface area (Å²) in [7, 11) is 0. The maximum Gasteiger partial charge on any atom is 0.416 e. The largest absolute Gasteiger partial charge is 0.416 e. The van der Waals surface area contributed by atoms with Crippen molar-refractivity contribution in [3.05, 3.63) is 75.9 Å². The van der Waals surface area contributed by atoms with Gasteiger partial charge in [-0.15, -0.1) is 10.2 Å². The number of aliphatic hydroxyl groups excluding tert-OH is 1. The summed E-state index contributed by atoms with van der Waals surface area (Å²) in [6.45, 7) is 0.311. The maximum atomic E-state index is 13.1. The van der Waals surface area contributed by atoms with Gasteiger partial charge in [-0.2, -0.15) is 13.2 Å². The average Bonchev–Trinajstić information content (AvgIpc) is 3.53. The van der Waals surface area contributed by atoms with Crippen LogP contribution in [-0.2, 0) is 17.8 Å². The second-order valence-corrected chi connectivity index (χ2v) is 9.26. The fourth-order valence-electron chi connectivity index (χ4n) is 4.08. The number of morpholine rings is 1. The molecule has 16 heteroatoms. The number of carbonyl (C=O) groups is 1. The number of alkyl halides is 3. The summed E-state index contributed by atoms with van der Waals surface area (Å²) < 4.78 is 47.6. The zero-order valence-electron chi connectivity index (χ0n) is 20.7. The highest BCUT2D eigenvalue weighted by molar-refractivity contribution is 6.30. The molecular weight excluding hydrogens is 557 g/mol. The van der Waals surface area contributed by atoms with Crippen LogP contribution in [0.1, 0.15) is 16.3 Å².